The largest absolute Gasteiger partial charge is 0.493 e. The number of carbonyl (C=O) groups is 1. The van der Waals surface area contributed by atoms with Crippen molar-refractivity contribution in [2.24, 2.45) is 5.92 Å². The van der Waals surface area contributed by atoms with E-state index in [1.165, 1.54) is 0 Å². The van der Waals surface area contributed by atoms with Gasteiger partial charge in [0, 0.05) is 30.6 Å². The molecule has 1 fully saturated rings. The topological polar surface area (TPSA) is 70.6 Å². The molecule has 118 valence electrons. The molecule has 1 aromatic rings. The molecule has 0 aromatic heterocycles. The zero-order chi connectivity index (χ0) is 14.4. The number of carbonyl (C=O) groups excluding carboxylic acids is 1. The van der Waals surface area contributed by atoms with E-state index in [1.807, 2.05) is 0 Å². The molecule has 0 saturated carbocycles. The summed E-state index contributed by atoms with van der Waals surface area (Å²) in [5, 5.41) is 16.1. The van der Waals surface area contributed by atoms with Gasteiger partial charge in [-0.25, -0.2) is 0 Å². The maximum Gasteiger partial charge on any atom is 0.223 e. The minimum absolute atomic E-state index is 0. The third-order valence-corrected chi connectivity index (χ3v) is 3.53. The Balaban J connectivity index is 0.00000220. The number of nitrogens with one attached hydrogen (secondary N) is 2. The summed E-state index contributed by atoms with van der Waals surface area (Å²) in [6.07, 6.45) is -0.0839. The summed E-state index contributed by atoms with van der Waals surface area (Å²) in [5.41, 5.74) is 0. The van der Waals surface area contributed by atoms with Crippen molar-refractivity contribution < 1.29 is 14.6 Å². The van der Waals surface area contributed by atoms with Crippen LogP contribution in [0.25, 0.3) is 0 Å². The van der Waals surface area contributed by atoms with Gasteiger partial charge >= 0.3 is 0 Å². The summed E-state index contributed by atoms with van der Waals surface area (Å²) < 4.78 is 5.44. The van der Waals surface area contributed by atoms with Gasteiger partial charge in [0.25, 0.3) is 0 Å². The van der Waals surface area contributed by atoms with Crippen molar-refractivity contribution >= 4 is 29.9 Å². The van der Waals surface area contributed by atoms with E-state index >= 15 is 0 Å². The second kappa shape index (κ2) is 9.10. The average molecular weight is 335 g/mol. The number of benzene rings is 1. The first-order valence-corrected chi connectivity index (χ1v) is 7.07. The van der Waals surface area contributed by atoms with Crippen LogP contribution in [0.2, 0.25) is 5.02 Å². The predicted octanol–water partition coefficient (Wildman–Crippen LogP) is 1.23. The van der Waals surface area contributed by atoms with Crippen molar-refractivity contribution in [1.29, 1.82) is 0 Å². The van der Waals surface area contributed by atoms with Crippen LogP contribution in [0.15, 0.2) is 24.3 Å². The highest BCUT2D eigenvalue weighted by atomic mass is 35.5. The minimum Gasteiger partial charge on any atom is -0.493 e. The molecule has 0 aliphatic carbocycles. The summed E-state index contributed by atoms with van der Waals surface area (Å²) in [6, 6.07) is 7.01. The zero-order valence-electron chi connectivity index (χ0n) is 11.5. The minimum atomic E-state index is -0.374. The van der Waals surface area contributed by atoms with Crippen LogP contribution in [0, 0.1) is 5.92 Å². The molecular weight excluding hydrogens is 315 g/mol. The Morgan fingerprint density at radius 3 is 2.71 bits per heavy atom. The molecule has 0 radical (unpaired) electrons. The van der Waals surface area contributed by atoms with Gasteiger partial charge in [-0.1, -0.05) is 11.6 Å². The van der Waals surface area contributed by atoms with Crippen molar-refractivity contribution in [3.63, 3.8) is 0 Å². The molecule has 3 N–H and O–H groups in total. The number of β-amino-alcohol motifs (C(OH)–C–C–N with tert-alkyl or cyclic N) is 1. The van der Waals surface area contributed by atoms with Crippen LogP contribution in [-0.2, 0) is 4.79 Å². The number of hydrogen-bond donors (Lipinski definition) is 3. The lowest BCUT2D eigenvalue weighted by Crippen LogP contribution is -2.34. The Morgan fingerprint density at radius 2 is 2.10 bits per heavy atom. The van der Waals surface area contributed by atoms with E-state index < -0.39 is 0 Å². The number of halogens is 2. The van der Waals surface area contributed by atoms with Gasteiger partial charge < -0.3 is 20.5 Å². The molecule has 7 heteroatoms. The third kappa shape index (κ3) is 6.09. The lowest BCUT2D eigenvalue weighted by Gasteiger charge is -2.14. The van der Waals surface area contributed by atoms with Gasteiger partial charge in [-0.05, 0) is 24.3 Å². The molecule has 0 spiro atoms. The van der Waals surface area contributed by atoms with Crippen LogP contribution in [0.4, 0.5) is 0 Å². The Labute approximate surface area is 135 Å². The van der Waals surface area contributed by atoms with Crippen LogP contribution in [0.3, 0.4) is 0 Å². The predicted molar refractivity (Wildman–Crippen MR) is 84.2 cm³/mol. The average Bonchev–Trinajstić information content (AvgIpc) is 2.84. The molecule has 2 rings (SSSR count). The van der Waals surface area contributed by atoms with Crippen LogP contribution in [0.5, 0.6) is 5.75 Å². The van der Waals surface area contributed by atoms with Gasteiger partial charge in [0.05, 0.1) is 19.1 Å². The molecule has 1 amide bonds. The summed E-state index contributed by atoms with van der Waals surface area (Å²) in [7, 11) is 0. The number of amides is 1. The molecule has 1 saturated heterocycles. The van der Waals surface area contributed by atoms with Crippen molar-refractivity contribution in [2.45, 2.75) is 12.5 Å². The van der Waals surface area contributed by atoms with E-state index in [2.05, 4.69) is 10.6 Å². The standard InChI is InChI=1S/C14H19ClN2O3.ClH/c15-11-1-3-12(4-2-11)20-6-5-14(19)17-8-10-7-16-9-13(10)18;/h1-4,10,13,16,18H,5-9H2,(H,17,19);1H. The van der Waals surface area contributed by atoms with Crippen LogP contribution >= 0.6 is 24.0 Å². The van der Waals surface area contributed by atoms with Crippen LogP contribution in [0.1, 0.15) is 6.42 Å². The first-order chi connectivity index (χ1) is 9.65. The first kappa shape index (κ1) is 18.0. The third-order valence-electron chi connectivity index (χ3n) is 3.28. The van der Waals surface area contributed by atoms with Crippen LogP contribution < -0.4 is 15.4 Å². The van der Waals surface area contributed by atoms with Gasteiger partial charge in [0.15, 0.2) is 0 Å². The summed E-state index contributed by atoms with van der Waals surface area (Å²) in [4.78, 5) is 11.6. The highest BCUT2D eigenvalue weighted by Gasteiger charge is 2.24. The fourth-order valence-corrected chi connectivity index (χ4v) is 2.18. The number of ether oxygens (including phenoxy) is 1. The second-order valence-corrected chi connectivity index (χ2v) is 5.28. The maximum absolute atomic E-state index is 11.6. The lowest BCUT2D eigenvalue weighted by atomic mass is 10.1. The molecule has 5 nitrogen and oxygen atoms in total. The smallest absolute Gasteiger partial charge is 0.223 e. The molecule has 1 aromatic carbocycles. The van der Waals surface area contributed by atoms with E-state index in [1.54, 1.807) is 24.3 Å². The highest BCUT2D eigenvalue weighted by molar-refractivity contribution is 6.30. The van der Waals surface area contributed by atoms with Crippen molar-refractivity contribution in [2.75, 3.05) is 26.2 Å². The molecule has 0 bridgehead atoms. The van der Waals surface area contributed by atoms with Crippen molar-refractivity contribution in [1.82, 2.24) is 10.6 Å². The molecule has 2 atom stereocenters. The van der Waals surface area contributed by atoms with E-state index in [-0.39, 0.29) is 30.3 Å². The molecule has 1 aliphatic rings. The van der Waals surface area contributed by atoms with Crippen LogP contribution in [-0.4, -0.2) is 43.4 Å². The van der Waals surface area contributed by atoms with Crippen molar-refractivity contribution in [3.8, 4) is 5.75 Å². The number of hydrogen-bond acceptors (Lipinski definition) is 4. The molecule has 2 unspecified atom stereocenters. The Hall–Kier alpha value is -1.01. The van der Waals surface area contributed by atoms with E-state index in [9.17, 15) is 9.90 Å². The second-order valence-electron chi connectivity index (χ2n) is 4.84. The molecule has 21 heavy (non-hydrogen) atoms. The van der Waals surface area contributed by atoms with E-state index in [0.717, 1.165) is 6.54 Å². The Kier molecular flexibility index (Phi) is 7.82. The normalized spacial score (nSPS) is 20.7. The summed E-state index contributed by atoms with van der Waals surface area (Å²) in [6.45, 7) is 2.15. The molecule has 1 heterocycles. The fraction of sp³-hybridized carbons (Fsp3) is 0.500. The molecule has 1 aliphatic heterocycles. The monoisotopic (exact) mass is 334 g/mol. The fourth-order valence-electron chi connectivity index (χ4n) is 2.05. The number of rotatable bonds is 6. The lowest BCUT2D eigenvalue weighted by molar-refractivity contribution is -0.121. The van der Waals surface area contributed by atoms with Gasteiger partial charge in [-0.2, -0.15) is 0 Å². The zero-order valence-corrected chi connectivity index (χ0v) is 13.1. The van der Waals surface area contributed by atoms with Gasteiger partial charge in [0.1, 0.15) is 5.75 Å². The van der Waals surface area contributed by atoms with Gasteiger partial charge in [-0.3, -0.25) is 4.79 Å². The quantitative estimate of drug-likeness (QED) is 0.731. The van der Waals surface area contributed by atoms with Crippen molar-refractivity contribution in [3.05, 3.63) is 29.3 Å². The Bertz CT molecular complexity index is 442. The maximum atomic E-state index is 11.6. The molecular formula is C14H20Cl2N2O3. The SMILES string of the molecule is Cl.O=C(CCOc1ccc(Cl)cc1)NCC1CNCC1O. The first-order valence-electron chi connectivity index (χ1n) is 6.69. The van der Waals surface area contributed by atoms with Gasteiger partial charge in [-0.15, -0.1) is 12.4 Å². The summed E-state index contributed by atoms with van der Waals surface area (Å²) in [5.74, 6) is 0.715. The van der Waals surface area contributed by atoms with E-state index in [0.29, 0.717) is 36.9 Å². The van der Waals surface area contributed by atoms with Gasteiger partial charge in [0.2, 0.25) is 5.91 Å². The number of aliphatic hydroxyl groups is 1. The summed E-state index contributed by atoms with van der Waals surface area (Å²) >= 11 is 5.77. The van der Waals surface area contributed by atoms with E-state index in [4.69, 9.17) is 16.3 Å². The highest BCUT2D eigenvalue weighted by Crippen LogP contribution is 2.15. The number of aliphatic hydroxyl groups excluding tert-OH is 1. The Morgan fingerprint density at radius 1 is 1.38 bits per heavy atom.